The van der Waals surface area contributed by atoms with Gasteiger partial charge in [0.25, 0.3) is 0 Å². The van der Waals surface area contributed by atoms with Crippen molar-refractivity contribution in [2.75, 3.05) is 40.3 Å². The van der Waals surface area contributed by atoms with Crippen molar-refractivity contribution in [1.29, 1.82) is 0 Å². The number of hydrogen-bond acceptors (Lipinski definition) is 3. The van der Waals surface area contributed by atoms with Crippen LogP contribution in [0.4, 0.5) is 0 Å². The highest BCUT2D eigenvalue weighted by atomic mass is 15.3. The van der Waals surface area contributed by atoms with Crippen molar-refractivity contribution in [3.05, 3.63) is 34.9 Å². The molecule has 0 aliphatic carbocycles. The minimum absolute atomic E-state index is 0.412. The molecule has 1 aliphatic heterocycles. The van der Waals surface area contributed by atoms with Gasteiger partial charge in [-0.1, -0.05) is 18.2 Å². The fourth-order valence-corrected chi connectivity index (χ4v) is 2.79. The number of piperazine rings is 1. The summed E-state index contributed by atoms with van der Waals surface area (Å²) in [5, 5.41) is 3.70. The molecule has 1 heterocycles. The van der Waals surface area contributed by atoms with E-state index in [1.54, 1.807) is 0 Å². The molecular weight excluding hydrogens is 246 g/mol. The van der Waals surface area contributed by atoms with Gasteiger partial charge in [-0.3, -0.25) is 4.90 Å². The molecule has 1 aromatic rings. The second-order valence-electron chi connectivity index (χ2n) is 6.37. The van der Waals surface area contributed by atoms with Gasteiger partial charge >= 0.3 is 0 Å². The minimum atomic E-state index is 0.412. The average Bonchev–Trinajstić information content (AvgIpc) is 2.42. The van der Waals surface area contributed by atoms with Crippen molar-refractivity contribution < 1.29 is 0 Å². The van der Waals surface area contributed by atoms with Crippen molar-refractivity contribution in [3.63, 3.8) is 0 Å². The summed E-state index contributed by atoms with van der Waals surface area (Å²) in [6, 6.07) is 7.81. The zero-order chi connectivity index (χ0) is 14.7. The summed E-state index contributed by atoms with van der Waals surface area (Å²) in [6.07, 6.45) is 0. The Hall–Kier alpha value is -0.900. The maximum atomic E-state index is 3.70. The SMILES string of the molecule is Cc1ccc(C(C)NCC2CN(C)CCN2C)cc1C. The lowest BCUT2D eigenvalue weighted by molar-refractivity contribution is 0.112. The van der Waals surface area contributed by atoms with Crippen LogP contribution >= 0.6 is 0 Å². The van der Waals surface area contributed by atoms with E-state index in [2.05, 4.69) is 68.2 Å². The summed E-state index contributed by atoms with van der Waals surface area (Å²) in [4.78, 5) is 4.90. The average molecular weight is 275 g/mol. The Morgan fingerprint density at radius 2 is 1.95 bits per heavy atom. The topological polar surface area (TPSA) is 18.5 Å². The largest absolute Gasteiger partial charge is 0.309 e. The minimum Gasteiger partial charge on any atom is -0.309 e. The van der Waals surface area contributed by atoms with Crippen molar-refractivity contribution in [3.8, 4) is 0 Å². The lowest BCUT2D eigenvalue weighted by Crippen LogP contribution is -2.53. The van der Waals surface area contributed by atoms with E-state index in [4.69, 9.17) is 0 Å². The first kappa shape index (κ1) is 15.5. The summed E-state index contributed by atoms with van der Waals surface area (Å²) >= 11 is 0. The Morgan fingerprint density at radius 1 is 1.20 bits per heavy atom. The molecule has 20 heavy (non-hydrogen) atoms. The van der Waals surface area contributed by atoms with E-state index in [0.29, 0.717) is 12.1 Å². The molecule has 1 N–H and O–H groups in total. The van der Waals surface area contributed by atoms with E-state index in [9.17, 15) is 0 Å². The van der Waals surface area contributed by atoms with E-state index in [1.165, 1.54) is 29.8 Å². The molecule has 2 atom stereocenters. The molecule has 1 fully saturated rings. The first-order chi connectivity index (χ1) is 9.47. The molecular formula is C17H29N3. The molecule has 0 radical (unpaired) electrons. The summed E-state index contributed by atoms with van der Waals surface area (Å²) in [6.45, 7) is 11.2. The monoisotopic (exact) mass is 275 g/mol. The normalized spacial score (nSPS) is 22.9. The molecule has 0 spiro atoms. The molecule has 2 unspecified atom stereocenters. The number of nitrogens with zero attached hydrogens (tertiary/aromatic N) is 2. The predicted octanol–water partition coefficient (Wildman–Crippen LogP) is 2.20. The number of aryl methyl sites for hydroxylation is 2. The van der Waals surface area contributed by atoms with E-state index in [-0.39, 0.29) is 0 Å². The van der Waals surface area contributed by atoms with Crippen LogP contribution in [0.5, 0.6) is 0 Å². The zero-order valence-corrected chi connectivity index (χ0v) is 13.6. The van der Waals surface area contributed by atoms with Crippen LogP contribution in [0, 0.1) is 13.8 Å². The Morgan fingerprint density at radius 3 is 2.65 bits per heavy atom. The van der Waals surface area contributed by atoms with Gasteiger partial charge in [0, 0.05) is 38.3 Å². The van der Waals surface area contributed by atoms with Gasteiger partial charge in [-0.15, -0.1) is 0 Å². The quantitative estimate of drug-likeness (QED) is 0.909. The third kappa shape index (κ3) is 3.81. The van der Waals surface area contributed by atoms with E-state index < -0.39 is 0 Å². The highest BCUT2D eigenvalue weighted by Crippen LogP contribution is 2.17. The first-order valence-electron chi connectivity index (χ1n) is 7.66. The van der Waals surface area contributed by atoms with Crippen molar-refractivity contribution in [2.24, 2.45) is 0 Å². The van der Waals surface area contributed by atoms with Crippen LogP contribution in [0.25, 0.3) is 0 Å². The molecule has 0 amide bonds. The number of likely N-dealkylation sites (N-methyl/N-ethyl adjacent to an activating group) is 2. The van der Waals surface area contributed by atoms with Crippen LogP contribution in [-0.4, -0.2) is 56.1 Å². The van der Waals surface area contributed by atoms with Crippen LogP contribution in [0.2, 0.25) is 0 Å². The summed E-state index contributed by atoms with van der Waals surface area (Å²) in [5.74, 6) is 0. The fraction of sp³-hybridized carbons (Fsp3) is 0.647. The molecule has 1 aromatic carbocycles. The van der Waals surface area contributed by atoms with Gasteiger partial charge in [0.1, 0.15) is 0 Å². The van der Waals surface area contributed by atoms with Gasteiger partial charge in [0.05, 0.1) is 0 Å². The van der Waals surface area contributed by atoms with E-state index in [1.807, 2.05) is 0 Å². The van der Waals surface area contributed by atoms with Crippen LogP contribution in [0.3, 0.4) is 0 Å². The number of rotatable bonds is 4. The highest BCUT2D eigenvalue weighted by Gasteiger charge is 2.22. The second kappa shape index (κ2) is 6.70. The lowest BCUT2D eigenvalue weighted by Gasteiger charge is -2.38. The summed E-state index contributed by atoms with van der Waals surface area (Å²) in [7, 11) is 4.45. The molecule has 3 nitrogen and oxygen atoms in total. The number of benzene rings is 1. The Balaban J connectivity index is 1.90. The van der Waals surface area contributed by atoms with Gasteiger partial charge in [-0.2, -0.15) is 0 Å². The summed E-state index contributed by atoms with van der Waals surface area (Å²) in [5.41, 5.74) is 4.14. The maximum absolute atomic E-state index is 3.70. The van der Waals surface area contributed by atoms with Crippen LogP contribution in [0.15, 0.2) is 18.2 Å². The standard InChI is InChI=1S/C17H29N3/c1-13-6-7-16(10-14(13)2)15(3)18-11-17-12-19(4)8-9-20(17)5/h6-7,10,15,17-18H,8-9,11-12H2,1-5H3. The number of hydrogen-bond donors (Lipinski definition) is 1. The third-order valence-corrected chi connectivity index (χ3v) is 4.67. The van der Waals surface area contributed by atoms with Gasteiger partial charge in [-0.25, -0.2) is 0 Å². The van der Waals surface area contributed by atoms with E-state index >= 15 is 0 Å². The van der Waals surface area contributed by atoms with Crippen LogP contribution < -0.4 is 5.32 Å². The van der Waals surface area contributed by atoms with Crippen LogP contribution in [-0.2, 0) is 0 Å². The molecule has 3 heteroatoms. The maximum Gasteiger partial charge on any atom is 0.0345 e. The van der Waals surface area contributed by atoms with Crippen molar-refractivity contribution >= 4 is 0 Å². The van der Waals surface area contributed by atoms with Gasteiger partial charge in [0.15, 0.2) is 0 Å². The molecule has 2 rings (SSSR count). The molecule has 0 bridgehead atoms. The highest BCUT2D eigenvalue weighted by molar-refractivity contribution is 5.31. The second-order valence-corrected chi connectivity index (χ2v) is 6.37. The zero-order valence-electron chi connectivity index (χ0n) is 13.6. The van der Waals surface area contributed by atoms with Gasteiger partial charge in [0.2, 0.25) is 0 Å². The predicted molar refractivity (Wildman–Crippen MR) is 86.2 cm³/mol. The molecule has 0 aromatic heterocycles. The molecule has 0 saturated carbocycles. The van der Waals surface area contributed by atoms with E-state index in [0.717, 1.165) is 13.1 Å². The smallest absolute Gasteiger partial charge is 0.0345 e. The van der Waals surface area contributed by atoms with Gasteiger partial charge < -0.3 is 10.2 Å². The lowest BCUT2D eigenvalue weighted by atomic mass is 10.0. The van der Waals surface area contributed by atoms with Crippen molar-refractivity contribution in [2.45, 2.75) is 32.9 Å². The Labute approximate surface area is 124 Å². The third-order valence-electron chi connectivity index (χ3n) is 4.67. The Kier molecular flexibility index (Phi) is 5.19. The Bertz CT molecular complexity index is 444. The van der Waals surface area contributed by atoms with Crippen LogP contribution in [0.1, 0.15) is 29.7 Å². The summed E-state index contributed by atoms with van der Waals surface area (Å²) < 4.78 is 0. The first-order valence-corrected chi connectivity index (χ1v) is 7.66. The molecule has 112 valence electrons. The molecule has 1 aliphatic rings. The van der Waals surface area contributed by atoms with Gasteiger partial charge in [-0.05, 0) is 51.6 Å². The van der Waals surface area contributed by atoms with Crippen molar-refractivity contribution in [1.82, 2.24) is 15.1 Å². The molecule has 1 saturated heterocycles. The fourth-order valence-electron chi connectivity index (χ4n) is 2.79. The number of nitrogens with one attached hydrogen (secondary N) is 1.